The number of nitrogens with one attached hydrogen (secondary N) is 2. The number of aliphatic imine (C=N–C) groups is 1. The van der Waals surface area contributed by atoms with E-state index < -0.39 is 0 Å². The maximum Gasteiger partial charge on any atom is 0.231 e. The van der Waals surface area contributed by atoms with E-state index in [-0.39, 0.29) is 0 Å². The molecule has 0 unspecified atom stereocenters. The first-order valence-electron chi connectivity index (χ1n) is 8.48. The molecule has 134 valence electrons. The molecule has 0 atom stereocenters. The minimum absolute atomic E-state index is 0.290. The van der Waals surface area contributed by atoms with Crippen LogP contribution in [0, 0.1) is 5.92 Å². The monoisotopic (exact) mass is 343 g/mol. The van der Waals surface area contributed by atoms with E-state index in [2.05, 4.69) is 39.0 Å². The number of ether oxygens (including phenoxy) is 2. The zero-order valence-corrected chi connectivity index (χ0v) is 15.0. The summed E-state index contributed by atoms with van der Waals surface area (Å²) in [4.78, 5) is 8.69. The lowest BCUT2D eigenvalue weighted by Crippen LogP contribution is -2.37. The van der Waals surface area contributed by atoms with E-state index in [0.717, 1.165) is 35.4 Å². The molecule has 3 rings (SSSR count). The molecule has 2 heterocycles. The highest BCUT2D eigenvalue weighted by molar-refractivity contribution is 5.79. The lowest BCUT2D eigenvalue weighted by Gasteiger charge is -2.14. The summed E-state index contributed by atoms with van der Waals surface area (Å²) in [5.41, 5.74) is 1.11. The molecule has 0 aliphatic carbocycles. The maximum absolute atomic E-state index is 5.41. The van der Waals surface area contributed by atoms with Gasteiger partial charge >= 0.3 is 0 Å². The molecule has 25 heavy (non-hydrogen) atoms. The van der Waals surface area contributed by atoms with Gasteiger partial charge in [-0.1, -0.05) is 19.9 Å². The number of rotatable bonds is 6. The second-order valence-corrected chi connectivity index (χ2v) is 6.36. The van der Waals surface area contributed by atoms with Crippen molar-refractivity contribution in [3.8, 4) is 11.5 Å². The molecule has 0 amide bonds. The number of hydrogen-bond acceptors (Lipinski definition) is 4. The Morgan fingerprint density at radius 2 is 2.04 bits per heavy atom. The zero-order chi connectivity index (χ0) is 17.6. The van der Waals surface area contributed by atoms with Crippen LogP contribution in [0.3, 0.4) is 0 Å². The Morgan fingerprint density at radius 1 is 1.24 bits per heavy atom. The zero-order valence-electron chi connectivity index (χ0n) is 15.0. The van der Waals surface area contributed by atoms with Gasteiger partial charge in [-0.05, 0) is 23.6 Å². The van der Waals surface area contributed by atoms with Crippen molar-refractivity contribution in [3.05, 3.63) is 42.0 Å². The number of fused-ring (bicyclic) bond motifs is 1. The van der Waals surface area contributed by atoms with Gasteiger partial charge in [-0.2, -0.15) is 0 Å². The van der Waals surface area contributed by atoms with Crippen molar-refractivity contribution in [2.75, 3.05) is 13.8 Å². The molecule has 0 radical (unpaired) electrons. The number of benzene rings is 1. The molecule has 7 heteroatoms. The molecule has 1 aliphatic heterocycles. The highest BCUT2D eigenvalue weighted by Crippen LogP contribution is 2.32. The molecule has 1 aromatic carbocycles. The van der Waals surface area contributed by atoms with Gasteiger partial charge in [0.25, 0.3) is 0 Å². The fourth-order valence-corrected chi connectivity index (χ4v) is 2.69. The number of aromatic nitrogens is 2. The van der Waals surface area contributed by atoms with Crippen molar-refractivity contribution >= 4 is 5.96 Å². The van der Waals surface area contributed by atoms with Gasteiger partial charge in [-0.25, -0.2) is 4.98 Å². The van der Waals surface area contributed by atoms with Crippen molar-refractivity contribution in [2.45, 2.75) is 33.5 Å². The van der Waals surface area contributed by atoms with Crippen LogP contribution < -0.4 is 20.1 Å². The highest BCUT2D eigenvalue weighted by atomic mass is 16.7. The van der Waals surface area contributed by atoms with E-state index in [1.807, 2.05) is 30.6 Å². The summed E-state index contributed by atoms with van der Waals surface area (Å²) in [5, 5.41) is 6.61. The third kappa shape index (κ3) is 4.43. The first kappa shape index (κ1) is 17.1. The molecule has 2 aromatic rings. The molecule has 7 nitrogen and oxygen atoms in total. The highest BCUT2D eigenvalue weighted by Gasteiger charge is 2.13. The Balaban J connectivity index is 1.53. The maximum atomic E-state index is 5.41. The molecule has 0 saturated carbocycles. The van der Waals surface area contributed by atoms with Crippen LogP contribution in [0.5, 0.6) is 11.5 Å². The fraction of sp³-hybridized carbons (Fsp3) is 0.444. The Hall–Kier alpha value is -2.70. The lowest BCUT2D eigenvalue weighted by atomic mass is 10.2. The average molecular weight is 343 g/mol. The second kappa shape index (κ2) is 7.92. The minimum atomic E-state index is 0.290. The average Bonchev–Trinajstić information content (AvgIpc) is 3.23. The van der Waals surface area contributed by atoms with E-state index in [1.165, 1.54) is 0 Å². The van der Waals surface area contributed by atoms with Crippen molar-refractivity contribution < 1.29 is 9.47 Å². The van der Waals surface area contributed by atoms with Crippen molar-refractivity contribution in [2.24, 2.45) is 10.9 Å². The molecule has 0 saturated heterocycles. The van der Waals surface area contributed by atoms with Gasteiger partial charge in [-0.3, -0.25) is 4.99 Å². The Morgan fingerprint density at radius 3 is 2.84 bits per heavy atom. The SMILES string of the molecule is CN=C(NCc1ccc2c(c1)OCO2)NCc1nccn1CC(C)C. The summed E-state index contributed by atoms with van der Waals surface area (Å²) in [6.45, 7) is 6.92. The second-order valence-electron chi connectivity index (χ2n) is 6.36. The van der Waals surface area contributed by atoms with Gasteiger partial charge in [0.1, 0.15) is 5.82 Å². The molecule has 0 bridgehead atoms. The van der Waals surface area contributed by atoms with Crippen LogP contribution in [-0.4, -0.2) is 29.4 Å². The summed E-state index contributed by atoms with van der Waals surface area (Å²) in [6.07, 6.45) is 3.85. The van der Waals surface area contributed by atoms with Crippen LogP contribution in [0.4, 0.5) is 0 Å². The first-order chi connectivity index (χ1) is 12.2. The molecule has 2 N–H and O–H groups in total. The molecule has 0 spiro atoms. The van der Waals surface area contributed by atoms with Crippen molar-refractivity contribution in [1.29, 1.82) is 0 Å². The number of nitrogens with zero attached hydrogens (tertiary/aromatic N) is 3. The predicted molar refractivity (Wildman–Crippen MR) is 96.7 cm³/mol. The predicted octanol–water partition coefficient (Wildman–Crippen LogP) is 2.13. The van der Waals surface area contributed by atoms with Gasteiger partial charge in [0.05, 0.1) is 6.54 Å². The van der Waals surface area contributed by atoms with Crippen LogP contribution in [0.25, 0.3) is 0 Å². The van der Waals surface area contributed by atoms with Gasteiger partial charge < -0.3 is 24.7 Å². The largest absolute Gasteiger partial charge is 0.454 e. The van der Waals surface area contributed by atoms with Crippen LogP contribution in [0.15, 0.2) is 35.6 Å². The van der Waals surface area contributed by atoms with Crippen LogP contribution in [-0.2, 0) is 19.6 Å². The normalized spacial score (nSPS) is 13.4. The standard InChI is InChI=1S/C18H25N5O2/c1-13(2)11-23-7-6-20-17(23)10-22-18(19-3)21-9-14-4-5-15-16(8-14)25-12-24-15/h4-8,13H,9-12H2,1-3H3,(H2,19,21,22). The first-order valence-corrected chi connectivity index (χ1v) is 8.48. The van der Waals surface area contributed by atoms with Gasteiger partial charge in [0, 0.05) is 32.5 Å². The summed E-state index contributed by atoms with van der Waals surface area (Å²) in [5.74, 6) is 3.90. The fourth-order valence-electron chi connectivity index (χ4n) is 2.69. The topological polar surface area (TPSA) is 72.7 Å². The third-order valence-electron chi connectivity index (χ3n) is 3.90. The third-order valence-corrected chi connectivity index (χ3v) is 3.90. The smallest absolute Gasteiger partial charge is 0.231 e. The van der Waals surface area contributed by atoms with Gasteiger partial charge in [-0.15, -0.1) is 0 Å². The summed E-state index contributed by atoms with van der Waals surface area (Å²) < 4.78 is 12.9. The molecular formula is C18H25N5O2. The number of guanidine groups is 1. The van der Waals surface area contributed by atoms with Gasteiger partial charge in [0.2, 0.25) is 6.79 Å². The Kier molecular flexibility index (Phi) is 5.42. The van der Waals surface area contributed by atoms with Crippen molar-refractivity contribution in [1.82, 2.24) is 20.2 Å². The van der Waals surface area contributed by atoms with Crippen LogP contribution in [0.2, 0.25) is 0 Å². The Bertz CT molecular complexity index is 739. The van der Waals surface area contributed by atoms with E-state index in [4.69, 9.17) is 9.47 Å². The molecule has 1 aromatic heterocycles. The van der Waals surface area contributed by atoms with Gasteiger partial charge in [0.15, 0.2) is 17.5 Å². The number of hydrogen-bond donors (Lipinski definition) is 2. The molecule has 1 aliphatic rings. The van der Waals surface area contributed by atoms with E-state index in [9.17, 15) is 0 Å². The van der Waals surface area contributed by atoms with Crippen LogP contribution >= 0.6 is 0 Å². The lowest BCUT2D eigenvalue weighted by molar-refractivity contribution is 0.174. The quantitative estimate of drug-likeness (QED) is 0.621. The summed E-state index contributed by atoms with van der Waals surface area (Å²) in [6, 6.07) is 5.93. The van der Waals surface area contributed by atoms with E-state index >= 15 is 0 Å². The van der Waals surface area contributed by atoms with Crippen molar-refractivity contribution in [3.63, 3.8) is 0 Å². The molecule has 0 fully saturated rings. The minimum Gasteiger partial charge on any atom is -0.454 e. The Labute approximate surface area is 148 Å². The van der Waals surface area contributed by atoms with Crippen LogP contribution in [0.1, 0.15) is 25.2 Å². The summed E-state index contributed by atoms with van der Waals surface area (Å²) >= 11 is 0. The molecular weight excluding hydrogens is 318 g/mol. The van der Waals surface area contributed by atoms with E-state index in [1.54, 1.807) is 7.05 Å². The summed E-state index contributed by atoms with van der Waals surface area (Å²) in [7, 11) is 1.76. The number of imidazole rings is 1. The van der Waals surface area contributed by atoms with E-state index in [0.29, 0.717) is 25.8 Å².